The van der Waals surface area contributed by atoms with E-state index in [1.54, 1.807) is 36.7 Å². The number of nitro groups is 1. The summed E-state index contributed by atoms with van der Waals surface area (Å²) in [5.41, 5.74) is 3.56. The van der Waals surface area contributed by atoms with Gasteiger partial charge in [0, 0.05) is 35.7 Å². The number of hydrogen-bond acceptors (Lipinski definition) is 5. The minimum absolute atomic E-state index is 0.0282. The molecule has 6 nitrogen and oxygen atoms in total. The maximum atomic E-state index is 11.2. The van der Waals surface area contributed by atoms with E-state index in [0.29, 0.717) is 23.1 Å². The second-order valence-electron chi connectivity index (χ2n) is 5.92. The Morgan fingerprint density at radius 3 is 2.67 bits per heavy atom. The SMILES string of the molecule is CO/C=C/c1ccc(Cc2ccncc2)c(-c2cccc([N+](=O)[O-])c2)c1O. The smallest absolute Gasteiger partial charge is 0.270 e. The largest absolute Gasteiger partial charge is 0.507 e. The highest BCUT2D eigenvalue weighted by Gasteiger charge is 2.16. The van der Waals surface area contributed by atoms with Crippen LogP contribution in [-0.4, -0.2) is 22.1 Å². The lowest BCUT2D eigenvalue weighted by Crippen LogP contribution is -1.96. The zero-order chi connectivity index (χ0) is 19.2. The molecule has 2 aromatic carbocycles. The van der Waals surface area contributed by atoms with E-state index < -0.39 is 4.92 Å². The fraction of sp³-hybridized carbons (Fsp3) is 0.0952. The van der Waals surface area contributed by atoms with Gasteiger partial charge in [-0.1, -0.05) is 24.3 Å². The van der Waals surface area contributed by atoms with Crippen LogP contribution in [0.25, 0.3) is 17.2 Å². The van der Waals surface area contributed by atoms with Gasteiger partial charge in [-0.05, 0) is 41.3 Å². The van der Waals surface area contributed by atoms with Crippen LogP contribution in [0.3, 0.4) is 0 Å². The molecule has 6 heteroatoms. The van der Waals surface area contributed by atoms with Gasteiger partial charge in [0.25, 0.3) is 5.69 Å². The number of rotatable bonds is 6. The van der Waals surface area contributed by atoms with Crippen molar-refractivity contribution in [3.8, 4) is 16.9 Å². The van der Waals surface area contributed by atoms with Gasteiger partial charge in [0.05, 0.1) is 18.3 Å². The predicted molar refractivity (Wildman–Crippen MR) is 103 cm³/mol. The zero-order valence-electron chi connectivity index (χ0n) is 14.7. The summed E-state index contributed by atoms with van der Waals surface area (Å²) >= 11 is 0. The van der Waals surface area contributed by atoms with E-state index in [1.807, 2.05) is 18.2 Å². The van der Waals surface area contributed by atoms with Gasteiger partial charge in [0.1, 0.15) is 5.75 Å². The maximum Gasteiger partial charge on any atom is 0.270 e. The van der Waals surface area contributed by atoms with E-state index in [0.717, 1.165) is 11.1 Å². The molecule has 136 valence electrons. The van der Waals surface area contributed by atoms with Crippen molar-refractivity contribution in [3.63, 3.8) is 0 Å². The molecule has 0 unspecified atom stereocenters. The summed E-state index contributed by atoms with van der Waals surface area (Å²) in [6, 6.07) is 13.8. The molecule has 3 rings (SSSR count). The molecule has 0 bridgehead atoms. The van der Waals surface area contributed by atoms with E-state index in [4.69, 9.17) is 4.74 Å². The normalized spacial score (nSPS) is 10.9. The van der Waals surface area contributed by atoms with Gasteiger partial charge in [-0.3, -0.25) is 15.1 Å². The van der Waals surface area contributed by atoms with E-state index in [9.17, 15) is 15.2 Å². The van der Waals surface area contributed by atoms with E-state index in [-0.39, 0.29) is 11.4 Å². The summed E-state index contributed by atoms with van der Waals surface area (Å²) in [5.74, 6) is 0.0513. The summed E-state index contributed by atoms with van der Waals surface area (Å²) in [6.07, 6.45) is 7.08. The molecule has 0 atom stereocenters. The van der Waals surface area contributed by atoms with Crippen LogP contribution in [0.4, 0.5) is 5.69 Å². The molecule has 1 aromatic heterocycles. The minimum Gasteiger partial charge on any atom is -0.507 e. The molecule has 0 spiro atoms. The number of nitrogens with zero attached hydrogens (tertiary/aromatic N) is 2. The van der Waals surface area contributed by atoms with Gasteiger partial charge in [0.2, 0.25) is 0 Å². The molecule has 0 amide bonds. The lowest BCUT2D eigenvalue weighted by Gasteiger charge is -2.14. The Hall–Kier alpha value is -3.67. The van der Waals surface area contributed by atoms with Gasteiger partial charge in [-0.25, -0.2) is 0 Å². The van der Waals surface area contributed by atoms with Crippen LogP contribution in [0.2, 0.25) is 0 Å². The lowest BCUT2D eigenvalue weighted by atomic mass is 9.92. The number of aromatic nitrogens is 1. The standard InChI is InChI=1S/C21H18N2O4/c1-27-12-9-16-5-6-18(13-15-7-10-22-11-8-15)20(21(16)24)17-3-2-4-19(14-17)23(25)26/h2-12,14,24H,13H2,1H3/b12-9+. The van der Waals surface area contributed by atoms with Crippen LogP contribution in [0.5, 0.6) is 5.75 Å². The first kappa shape index (κ1) is 18.1. The third kappa shape index (κ3) is 4.12. The van der Waals surface area contributed by atoms with Crippen LogP contribution < -0.4 is 0 Å². The van der Waals surface area contributed by atoms with Crippen LogP contribution in [-0.2, 0) is 11.2 Å². The number of nitro benzene ring substituents is 1. The first-order chi connectivity index (χ1) is 13.1. The van der Waals surface area contributed by atoms with Crippen molar-refractivity contribution in [2.45, 2.75) is 6.42 Å². The molecule has 3 aromatic rings. The Labute approximate surface area is 156 Å². The van der Waals surface area contributed by atoms with Gasteiger partial charge in [-0.15, -0.1) is 0 Å². The number of non-ortho nitro benzene ring substituents is 1. The van der Waals surface area contributed by atoms with Gasteiger partial charge in [-0.2, -0.15) is 0 Å². The molecule has 0 radical (unpaired) electrons. The third-order valence-corrected chi connectivity index (χ3v) is 4.17. The molecule has 0 aliphatic heterocycles. The summed E-state index contributed by atoms with van der Waals surface area (Å²) in [7, 11) is 1.52. The molecule has 0 saturated carbocycles. The molecule has 1 heterocycles. The third-order valence-electron chi connectivity index (χ3n) is 4.17. The van der Waals surface area contributed by atoms with E-state index >= 15 is 0 Å². The second kappa shape index (κ2) is 8.14. The van der Waals surface area contributed by atoms with Crippen LogP contribution >= 0.6 is 0 Å². The molecular formula is C21H18N2O4. The predicted octanol–water partition coefficient (Wildman–Crippen LogP) is 4.57. The van der Waals surface area contributed by atoms with Crippen molar-refractivity contribution in [3.05, 3.63) is 94.0 Å². The Kier molecular flexibility index (Phi) is 5.47. The monoisotopic (exact) mass is 362 g/mol. The number of benzene rings is 2. The van der Waals surface area contributed by atoms with Crippen molar-refractivity contribution >= 4 is 11.8 Å². The molecule has 27 heavy (non-hydrogen) atoms. The highest BCUT2D eigenvalue weighted by molar-refractivity contribution is 5.80. The summed E-state index contributed by atoms with van der Waals surface area (Å²) in [4.78, 5) is 14.7. The van der Waals surface area contributed by atoms with E-state index in [2.05, 4.69) is 4.98 Å². The highest BCUT2D eigenvalue weighted by atomic mass is 16.6. The Bertz CT molecular complexity index is 985. The number of hydrogen-bond donors (Lipinski definition) is 1. The second-order valence-corrected chi connectivity index (χ2v) is 5.92. The molecule has 0 fully saturated rings. The number of ether oxygens (including phenoxy) is 1. The molecule has 0 aliphatic carbocycles. The molecule has 0 saturated heterocycles. The summed E-state index contributed by atoms with van der Waals surface area (Å²) in [5, 5.41) is 22.0. The zero-order valence-corrected chi connectivity index (χ0v) is 14.7. The van der Waals surface area contributed by atoms with Crippen molar-refractivity contribution in [2.75, 3.05) is 7.11 Å². The first-order valence-electron chi connectivity index (χ1n) is 8.28. The van der Waals surface area contributed by atoms with Crippen LogP contribution in [0.15, 0.2) is 67.2 Å². The van der Waals surface area contributed by atoms with Crippen molar-refractivity contribution < 1.29 is 14.8 Å². The Balaban J connectivity index is 2.16. The fourth-order valence-electron chi connectivity index (χ4n) is 2.89. The number of methoxy groups -OCH3 is 1. The molecular weight excluding hydrogens is 344 g/mol. The van der Waals surface area contributed by atoms with Crippen molar-refractivity contribution in [2.24, 2.45) is 0 Å². The summed E-state index contributed by atoms with van der Waals surface area (Å²) in [6.45, 7) is 0. The first-order valence-corrected chi connectivity index (χ1v) is 8.28. The average molecular weight is 362 g/mol. The van der Waals surface area contributed by atoms with E-state index in [1.165, 1.54) is 25.5 Å². The van der Waals surface area contributed by atoms with Gasteiger partial charge >= 0.3 is 0 Å². The molecule has 1 N–H and O–H groups in total. The Morgan fingerprint density at radius 1 is 1.19 bits per heavy atom. The fourth-order valence-corrected chi connectivity index (χ4v) is 2.89. The highest BCUT2D eigenvalue weighted by Crippen LogP contribution is 2.38. The lowest BCUT2D eigenvalue weighted by molar-refractivity contribution is -0.384. The maximum absolute atomic E-state index is 11.2. The number of phenols is 1. The van der Waals surface area contributed by atoms with Gasteiger partial charge in [0.15, 0.2) is 0 Å². The number of pyridine rings is 1. The number of phenolic OH excluding ortho intramolecular Hbond substituents is 1. The van der Waals surface area contributed by atoms with Crippen molar-refractivity contribution in [1.82, 2.24) is 4.98 Å². The van der Waals surface area contributed by atoms with Crippen LogP contribution in [0.1, 0.15) is 16.7 Å². The summed E-state index contributed by atoms with van der Waals surface area (Å²) < 4.78 is 4.93. The molecule has 0 aliphatic rings. The Morgan fingerprint density at radius 2 is 1.96 bits per heavy atom. The quantitative estimate of drug-likeness (QED) is 0.394. The number of aromatic hydroxyl groups is 1. The van der Waals surface area contributed by atoms with Gasteiger partial charge < -0.3 is 9.84 Å². The van der Waals surface area contributed by atoms with Crippen LogP contribution in [0, 0.1) is 10.1 Å². The minimum atomic E-state index is -0.447. The topological polar surface area (TPSA) is 85.5 Å². The average Bonchev–Trinajstić information content (AvgIpc) is 2.68. The van der Waals surface area contributed by atoms with Crippen molar-refractivity contribution in [1.29, 1.82) is 0 Å².